The second-order valence-corrected chi connectivity index (χ2v) is 4.22. The van der Waals surface area contributed by atoms with Crippen molar-refractivity contribution in [3.05, 3.63) is 36.3 Å². The van der Waals surface area contributed by atoms with Crippen LogP contribution in [0, 0.1) is 0 Å². The van der Waals surface area contributed by atoms with Crippen molar-refractivity contribution in [2.45, 2.75) is 6.54 Å². The zero-order valence-corrected chi connectivity index (χ0v) is 11.3. The molecule has 100 valence electrons. The molecule has 2 rings (SSSR count). The van der Waals surface area contributed by atoms with Gasteiger partial charge in [-0.1, -0.05) is 0 Å². The lowest BCUT2D eigenvalue weighted by molar-refractivity contribution is 0.397. The molecule has 0 radical (unpaired) electrons. The molecule has 6 heteroatoms. The lowest BCUT2D eigenvalue weighted by Gasteiger charge is -2.12. The maximum atomic E-state index is 5.09. The van der Waals surface area contributed by atoms with Crippen molar-refractivity contribution in [2.75, 3.05) is 31.4 Å². The van der Waals surface area contributed by atoms with Gasteiger partial charge in [0, 0.05) is 39.0 Å². The molecule has 1 N–H and O–H groups in total. The van der Waals surface area contributed by atoms with Gasteiger partial charge >= 0.3 is 0 Å². The van der Waals surface area contributed by atoms with Crippen molar-refractivity contribution in [2.24, 2.45) is 0 Å². The van der Waals surface area contributed by atoms with Gasteiger partial charge in [-0.05, 0) is 11.6 Å². The maximum Gasteiger partial charge on any atom is 0.213 e. The van der Waals surface area contributed by atoms with Gasteiger partial charge < -0.3 is 15.0 Å². The Balaban J connectivity index is 2.03. The number of pyridine rings is 1. The van der Waals surface area contributed by atoms with Crippen LogP contribution in [-0.4, -0.2) is 36.2 Å². The summed E-state index contributed by atoms with van der Waals surface area (Å²) in [5.41, 5.74) is 1.08. The summed E-state index contributed by atoms with van der Waals surface area (Å²) in [5, 5.41) is 3.25. The standard InChI is InChI=1S/C13H17N5O/c1-18(2)12-7-11(16-9-17-12)15-8-10-4-5-14-13(6-10)19-3/h4-7,9H,8H2,1-3H3,(H,15,16,17). The third-order valence-corrected chi connectivity index (χ3v) is 2.59. The zero-order chi connectivity index (χ0) is 13.7. The minimum Gasteiger partial charge on any atom is -0.481 e. The summed E-state index contributed by atoms with van der Waals surface area (Å²) in [6.07, 6.45) is 3.27. The predicted octanol–water partition coefficient (Wildman–Crippen LogP) is 1.56. The number of ether oxygens (including phenoxy) is 1. The second-order valence-electron chi connectivity index (χ2n) is 4.22. The molecule has 19 heavy (non-hydrogen) atoms. The Morgan fingerprint density at radius 2 is 2.05 bits per heavy atom. The molecule has 0 aliphatic heterocycles. The number of hydrogen-bond acceptors (Lipinski definition) is 6. The molecule has 0 spiro atoms. The van der Waals surface area contributed by atoms with E-state index in [1.165, 1.54) is 0 Å². The molecule has 0 unspecified atom stereocenters. The van der Waals surface area contributed by atoms with E-state index in [0.717, 1.165) is 17.2 Å². The molecule has 2 aromatic rings. The molecule has 0 aromatic carbocycles. The molecule has 6 nitrogen and oxygen atoms in total. The van der Waals surface area contributed by atoms with E-state index in [4.69, 9.17) is 4.74 Å². The van der Waals surface area contributed by atoms with Gasteiger partial charge in [0.05, 0.1) is 7.11 Å². The Bertz CT molecular complexity index is 544. The third kappa shape index (κ3) is 3.54. The van der Waals surface area contributed by atoms with E-state index >= 15 is 0 Å². The minimum absolute atomic E-state index is 0.607. The first kappa shape index (κ1) is 13.1. The smallest absolute Gasteiger partial charge is 0.213 e. The molecular weight excluding hydrogens is 242 g/mol. The number of methoxy groups -OCH3 is 1. The van der Waals surface area contributed by atoms with E-state index in [2.05, 4.69) is 20.3 Å². The van der Waals surface area contributed by atoms with Crippen LogP contribution >= 0.6 is 0 Å². The molecule has 0 aliphatic carbocycles. The Morgan fingerprint density at radius 3 is 2.79 bits per heavy atom. The van der Waals surface area contributed by atoms with Gasteiger partial charge in [0.25, 0.3) is 0 Å². The largest absolute Gasteiger partial charge is 0.481 e. The molecule has 0 aliphatic rings. The summed E-state index contributed by atoms with van der Waals surface area (Å²) in [5.74, 6) is 2.26. The van der Waals surface area contributed by atoms with Crippen molar-refractivity contribution >= 4 is 11.6 Å². The number of anilines is 2. The van der Waals surface area contributed by atoms with Crippen molar-refractivity contribution in [1.29, 1.82) is 0 Å². The number of hydrogen-bond donors (Lipinski definition) is 1. The van der Waals surface area contributed by atoms with Crippen LogP contribution in [0.1, 0.15) is 5.56 Å². The highest BCUT2D eigenvalue weighted by Gasteiger charge is 2.01. The highest BCUT2D eigenvalue weighted by atomic mass is 16.5. The first-order valence-corrected chi connectivity index (χ1v) is 5.91. The van der Waals surface area contributed by atoms with Crippen molar-refractivity contribution in [3.8, 4) is 5.88 Å². The van der Waals surface area contributed by atoms with E-state index in [-0.39, 0.29) is 0 Å². The SMILES string of the molecule is COc1cc(CNc2cc(N(C)C)ncn2)ccn1. The first-order chi connectivity index (χ1) is 9.19. The van der Waals surface area contributed by atoms with Gasteiger partial charge in [-0.25, -0.2) is 15.0 Å². The lowest BCUT2D eigenvalue weighted by Crippen LogP contribution is -2.11. The van der Waals surface area contributed by atoms with Crippen LogP contribution in [0.2, 0.25) is 0 Å². The molecule has 2 aromatic heterocycles. The lowest BCUT2D eigenvalue weighted by atomic mass is 10.2. The fourth-order valence-corrected chi connectivity index (χ4v) is 1.55. The van der Waals surface area contributed by atoms with Gasteiger partial charge in [-0.15, -0.1) is 0 Å². The number of nitrogens with one attached hydrogen (secondary N) is 1. The molecule has 2 heterocycles. The van der Waals surface area contributed by atoms with E-state index in [1.54, 1.807) is 19.6 Å². The Morgan fingerprint density at radius 1 is 1.21 bits per heavy atom. The van der Waals surface area contributed by atoms with Crippen LogP contribution in [0.4, 0.5) is 11.6 Å². The van der Waals surface area contributed by atoms with E-state index in [1.807, 2.05) is 37.2 Å². The Labute approximate surface area is 112 Å². The summed E-state index contributed by atoms with van der Waals surface area (Å²) in [4.78, 5) is 14.4. The zero-order valence-electron chi connectivity index (χ0n) is 11.3. The molecule has 0 bridgehead atoms. The fraction of sp³-hybridized carbons (Fsp3) is 0.308. The topological polar surface area (TPSA) is 63.2 Å². The van der Waals surface area contributed by atoms with Gasteiger partial charge in [-0.3, -0.25) is 0 Å². The Kier molecular flexibility index (Phi) is 4.12. The molecular formula is C13H17N5O. The van der Waals surface area contributed by atoms with E-state index in [0.29, 0.717) is 12.4 Å². The van der Waals surface area contributed by atoms with E-state index in [9.17, 15) is 0 Å². The summed E-state index contributed by atoms with van der Waals surface area (Å²) < 4.78 is 5.09. The first-order valence-electron chi connectivity index (χ1n) is 5.91. The predicted molar refractivity (Wildman–Crippen MR) is 74.5 cm³/mol. The van der Waals surface area contributed by atoms with Gasteiger partial charge in [-0.2, -0.15) is 0 Å². The van der Waals surface area contributed by atoms with Crippen LogP contribution in [-0.2, 0) is 6.54 Å². The molecule has 0 fully saturated rings. The highest BCUT2D eigenvalue weighted by molar-refractivity contribution is 5.47. The van der Waals surface area contributed by atoms with Gasteiger partial charge in [0.2, 0.25) is 5.88 Å². The maximum absolute atomic E-state index is 5.09. The highest BCUT2D eigenvalue weighted by Crippen LogP contribution is 2.13. The third-order valence-electron chi connectivity index (χ3n) is 2.59. The average Bonchev–Trinajstić information content (AvgIpc) is 2.45. The van der Waals surface area contributed by atoms with Gasteiger partial charge in [0.1, 0.15) is 18.0 Å². The number of aromatic nitrogens is 3. The average molecular weight is 259 g/mol. The molecule has 0 amide bonds. The van der Waals surface area contributed by atoms with Crippen LogP contribution < -0.4 is 15.0 Å². The summed E-state index contributed by atoms with van der Waals surface area (Å²) >= 11 is 0. The number of nitrogens with zero attached hydrogens (tertiary/aromatic N) is 4. The van der Waals surface area contributed by atoms with Crippen molar-refractivity contribution in [1.82, 2.24) is 15.0 Å². The summed E-state index contributed by atoms with van der Waals surface area (Å²) in [6.45, 7) is 0.656. The molecule has 0 saturated heterocycles. The normalized spacial score (nSPS) is 10.1. The summed E-state index contributed by atoms with van der Waals surface area (Å²) in [7, 11) is 5.49. The van der Waals surface area contributed by atoms with Crippen LogP contribution in [0.15, 0.2) is 30.7 Å². The van der Waals surface area contributed by atoms with Gasteiger partial charge in [0.15, 0.2) is 0 Å². The minimum atomic E-state index is 0.607. The fourth-order valence-electron chi connectivity index (χ4n) is 1.55. The van der Waals surface area contributed by atoms with Crippen molar-refractivity contribution in [3.63, 3.8) is 0 Å². The van der Waals surface area contributed by atoms with Crippen LogP contribution in [0.25, 0.3) is 0 Å². The molecule has 0 atom stereocenters. The van der Waals surface area contributed by atoms with E-state index < -0.39 is 0 Å². The van der Waals surface area contributed by atoms with Crippen molar-refractivity contribution < 1.29 is 4.74 Å². The number of rotatable bonds is 5. The Hall–Kier alpha value is -2.37. The quantitative estimate of drug-likeness (QED) is 0.879. The monoisotopic (exact) mass is 259 g/mol. The molecule has 0 saturated carbocycles. The van der Waals surface area contributed by atoms with Crippen LogP contribution in [0.5, 0.6) is 5.88 Å². The second kappa shape index (κ2) is 5.99. The summed E-state index contributed by atoms with van der Waals surface area (Å²) in [6, 6.07) is 5.73. The van der Waals surface area contributed by atoms with Crippen LogP contribution in [0.3, 0.4) is 0 Å².